The summed E-state index contributed by atoms with van der Waals surface area (Å²) in [6.45, 7) is 0.956. The third-order valence-electron chi connectivity index (χ3n) is 4.19. The molecule has 1 fully saturated rings. The van der Waals surface area contributed by atoms with Crippen molar-refractivity contribution in [3.63, 3.8) is 0 Å². The molecule has 0 spiro atoms. The predicted octanol–water partition coefficient (Wildman–Crippen LogP) is 4.86. The Labute approximate surface area is 142 Å². The molecule has 22 heavy (non-hydrogen) atoms. The Morgan fingerprint density at radius 2 is 2.00 bits per heavy atom. The molecule has 1 saturated carbocycles. The molecule has 1 aliphatic carbocycles. The second-order valence-electron chi connectivity index (χ2n) is 5.65. The van der Waals surface area contributed by atoms with Gasteiger partial charge < -0.3 is 10.1 Å². The molecule has 3 nitrogen and oxygen atoms in total. The predicted molar refractivity (Wildman–Crippen MR) is 92.2 cm³/mol. The fraction of sp³-hybridized carbons (Fsp3) is 0.353. The summed E-state index contributed by atoms with van der Waals surface area (Å²) in [6.07, 6.45) is 3.12. The molecule has 1 heterocycles. The van der Waals surface area contributed by atoms with Gasteiger partial charge in [-0.1, -0.05) is 36.8 Å². The van der Waals surface area contributed by atoms with Gasteiger partial charge in [0, 0.05) is 16.8 Å². The molecule has 1 amide bonds. The molecule has 2 aromatic rings. The molecule has 0 bridgehead atoms. The highest BCUT2D eigenvalue weighted by Gasteiger charge is 2.40. The van der Waals surface area contributed by atoms with Crippen molar-refractivity contribution in [2.24, 2.45) is 0 Å². The van der Waals surface area contributed by atoms with E-state index >= 15 is 0 Å². The van der Waals surface area contributed by atoms with Crippen LogP contribution in [0.15, 0.2) is 46.3 Å². The Hall–Kier alpha value is -1.33. The van der Waals surface area contributed by atoms with Gasteiger partial charge in [-0.25, -0.2) is 4.79 Å². The fourth-order valence-electron chi connectivity index (χ4n) is 2.73. The van der Waals surface area contributed by atoms with Crippen molar-refractivity contribution < 1.29 is 9.53 Å². The van der Waals surface area contributed by atoms with Crippen molar-refractivity contribution in [3.8, 4) is 0 Å². The number of alkyl carbamates (subject to hydrolysis) is 1. The van der Waals surface area contributed by atoms with E-state index < -0.39 is 0 Å². The Balaban J connectivity index is 1.51. The second kappa shape index (κ2) is 6.84. The van der Waals surface area contributed by atoms with Crippen LogP contribution >= 0.6 is 27.3 Å². The number of ether oxygens (including phenoxy) is 1. The zero-order valence-corrected chi connectivity index (χ0v) is 14.6. The highest BCUT2D eigenvalue weighted by atomic mass is 79.9. The highest BCUT2D eigenvalue weighted by molar-refractivity contribution is 9.11. The van der Waals surface area contributed by atoms with Crippen LogP contribution in [-0.2, 0) is 16.8 Å². The third-order valence-corrected chi connectivity index (χ3v) is 6.06. The van der Waals surface area contributed by atoms with E-state index in [0.29, 0.717) is 13.2 Å². The summed E-state index contributed by atoms with van der Waals surface area (Å²) in [5.41, 5.74) is 1.10. The maximum atomic E-state index is 11.9. The van der Waals surface area contributed by atoms with Crippen LogP contribution in [0.4, 0.5) is 4.79 Å². The lowest BCUT2D eigenvalue weighted by Gasteiger charge is -2.41. The van der Waals surface area contributed by atoms with E-state index in [2.05, 4.69) is 33.4 Å². The van der Waals surface area contributed by atoms with E-state index in [4.69, 9.17) is 4.74 Å². The van der Waals surface area contributed by atoms with Crippen molar-refractivity contribution >= 4 is 33.4 Å². The number of amides is 1. The molecule has 0 saturated heterocycles. The Morgan fingerprint density at radius 3 is 2.59 bits per heavy atom. The Morgan fingerprint density at radius 1 is 1.23 bits per heavy atom. The first kappa shape index (κ1) is 15.6. The van der Waals surface area contributed by atoms with Gasteiger partial charge in [-0.3, -0.25) is 0 Å². The minimum Gasteiger partial charge on any atom is -0.445 e. The maximum Gasteiger partial charge on any atom is 0.407 e. The lowest BCUT2D eigenvalue weighted by molar-refractivity contribution is 0.132. The number of thiophene rings is 1. The second-order valence-corrected chi connectivity index (χ2v) is 8.12. The van der Waals surface area contributed by atoms with E-state index in [1.165, 1.54) is 11.3 Å². The minimum atomic E-state index is -0.342. The Kier molecular flexibility index (Phi) is 4.84. The standard InChI is InChI=1S/C17H18BrNO2S/c18-15-8-7-14(22-15)17(9-4-10-17)12-19-16(20)21-11-13-5-2-1-3-6-13/h1-3,5-8H,4,9-12H2,(H,19,20). The number of nitrogens with one attached hydrogen (secondary N) is 1. The zero-order valence-electron chi connectivity index (χ0n) is 12.2. The van der Waals surface area contributed by atoms with Gasteiger partial charge in [-0.15, -0.1) is 11.3 Å². The SMILES string of the molecule is O=C(NCC1(c2ccc(Br)s2)CCC1)OCc1ccccc1. The minimum absolute atomic E-state index is 0.0997. The normalized spacial score (nSPS) is 15.9. The van der Waals surface area contributed by atoms with Gasteiger partial charge >= 0.3 is 6.09 Å². The number of rotatable bonds is 5. The molecule has 1 aromatic heterocycles. The van der Waals surface area contributed by atoms with Crippen LogP contribution < -0.4 is 5.32 Å². The largest absolute Gasteiger partial charge is 0.445 e. The van der Waals surface area contributed by atoms with E-state index in [0.717, 1.165) is 22.2 Å². The number of halogens is 1. The van der Waals surface area contributed by atoms with Gasteiger partial charge in [0.25, 0.3) is 0 Å². The topological polar surface area (TPSA) is 38.3 Å². The lowest BCUT2D eigenvalue weighted by atomic mass is 9.68. The molecule has 1 aliphatic rings. The quantitative estimate of drug-likeness (QED) is 0.805. The molecule has 1 N–H and O–H groups in total. The summed E-state index contributed by atoms with van der Waals surface area (Å²) in [6, 6.07) is 14.0. The van der Waals surface area contributed by atoms with Crippen molar-refractivity contribution in [1.82, 2.24) is 5.32 Å². The van der Waals surface area contributed by atoms with Gasteiger partial charge in [-0.2, -0.15) is 0 Å². The molecule has 3 rings (SSSR count). The highest BCUT2D eigenvalue weighted by Crippen LogP contribution is 2.46. The maximum absolute atomic E-state index is 11.9. The van der Waals surface area contributed by atoms with Crippen molar-refractivity contribution in [1.29, 1.82) is 0 Å². The van der Waals surface area contributed by atoms with E-state index in [-0.39, 0.29) is 11.5 Å². The van der Waals surface area contributed by atoms with Gasteiger partial charge in [-0.05, 0) is 46.5 Å². The van der Waals surface area contributed by atoms with Gasteiger partial charge in [0.05, 0.1) is 3.79 Å². The molecule has 0 unspecified atom stereocenters. The average molecular weight is 380 g/mol. The number of carbonyl (C=O) groups excluding carboxylic acids is 1. The van der Waals surface area contributed by atoms with Crippen LogP contribution in [-0.4, -0.2) is 12.6 Å². The van der Waals surface area contributed by atoms with Crippen molar-refractivity contribution in [2.45, 2.75) is 31.3 Å². The zero-order chi connectivity index (χ0) is 15.4. The van der Waals surface area contributed by atoms with Crippen LogP contribution in [0.2, 0.25) is 0 Å². The number of benzene rings is 1. The van der Waals surface area contributed by atoms with Gasteiger partial charge in [0.15, 0.2) is 0 Å². The van der Waals surface area contributed by atoms with Crippen molar-refractivity contribution in [3.05, 3.63) is 56.7 Å². The number of hydrogen-bond donors (Lipinski definition) is 1. The number of carbonyl (C=O) groups is 1. The first-order chi connectivity index (χ1) is 10.7. The monoisotopic (exact) mass is 379 g/mol. The van der Waals surface area contributed by atoms with Gasteiger partial charge in [0.2, 0.25) is 0 Å². The summed E-state index contributed by atoms with van der Waals surface area (Å²) in [5.74, 6) is 0. The molecule has 1 aromatic carbocycles. The smallest absolute Gasteiger partial charge is 0.407 e. The van der Waals surface area contributed by atoms with Crippen LogP contribution in [0.3, 0.4) is 0 Å². The molecular formula is C17H18BrNO2S. The molecule has 5 heteroatoms. The average Bonchev–Trinajstić information content (AvgIpc) is 2.92. The summed E-state index contributed by atoms with van der Waals surface area (Å²) < 4.78 is 6.42. The summed E-state index contributed by atoms with van der Waals surface area (Å²) >= 11 is 5.27. The number of hydrogen-bond acceptors (Lipinski definition) is 3. The lowest BCUT2D eigenvalue weighted by Crippen LogP contribution is -2.45. The van der Waals surface area contributed by atoms with E-state index in [1.54, 1.807) is 11.3 Å². The molecule has 0 radical (unpaired) electrons. The van der Waals surface area contributed by atoms with Crippen LogP contribution in [0.25, 0.3) is 0 Å². The fourth-order valence-corrected chi connectivity index (χ4v) is 4.36. The van der Waals surface area contributed by atoms with Crippen LogP contribution in [0.5, 0.6) is 0 Å². The van der Waals surface area contributed by atoms with Gasteiger partial charge in [0.1, 0.15) is 6.61 Å². The van der Waals surface area contributed by atoms with Crippen LogP contribution in [0, 0.1) is 0 Å². The molecule has 0 aliphatic heterocycles. The Bertz CT molecular complexity index is 637. The van der Waals surface area contributed by atoms with E-state index in [9.17, 15) is 4.79 Å². The summed E-state index contributed by atoms with van der Waals surface area (Å²) in [4.78, 5) is 13.2. The van der Waals surface area contributed by atoms with Crippen molar-refractivity contribution in [2.75, 3.05) is 6.54 Å². The first-order valence-electron chi connectivity index (χ1n) is 7.38. The van der Waals surface area contributed by atoms with E-state index in [1.807, 2.05) is 30.3 Å². The molecular weight excluding hydrogens is 362 g/mol. The first-order valence-corrected chi connectivity index (χ1v) is 8.99. The molecule has 0 atom stereocenters. The third kappa shape index (κ3) is 3.52. The molecule has 116 valence electrons. The summed E-state index contributed by atoms with van der Waals surface area (Å²) in [7, 11) is 0. The van der Waals surface area contributed by atoms with Crippen LogP contribution in [0.1, 0.15) is 29.7 Å². The summed E-state index contributed by atoms with van der Waals surface area (Å²) in [5, 5.41) is 2.93.